The normalized spacial score (nSPS) is 18.8. The van der Waals surface area contributed by atoms with Crippen molar-refractivity contribution in [2.24, 2.45) is 0 Å². The zero-order valence-electron chi connectivity index (χ0n) is 22.5. The summed E-state index contributed by atoms with van der Waals surface area (Å²) in [6.45, 7) is 3.74. The maximum atomic E-state index is 14.2. The van der Waals surface area contributed by atoms with Crippen molar-refractivity contribution in [2.75, 3.05) is 37.7 Å². The molecule has 6 rings (SSSR count). The highest BCUT2D eigenvalue weighted by Gasteiger charge is 2.51. The molecule has 1 unspecified atom stereocenters. The molecule has 3 aliphatic heterocycles. The van der Waals surface area contributed by atoms with Crippen LogP contribution in [-0.2, 0) is 44.1 Å². The second-order valence-corrected chi connectivity index (χ2v) is 12.7. The minimum Gasteiger partial charge on any atom is -0.588 e. The summed E-state index contributed by atoms with van der Waals surface area (Å²) in [5.74, 6) is 1.60. The first-order chi connectivity index (χ1) is 18.8. The maximum absolute atomic E-state index is 14.2. The van der Waals surface area contributed by atoms with E-state index in [1.165, 1.54) is 5.56 Å². The summed E-state index contributed by atoms with van der Waals surface area (Å²) in [6, 6.07) is 19.5. The quantitative estimate of drug-likeness (QED) is 0.418. The van der Waals surface area contributed by atoms with E-state index in [1.54, 1.807) is 36.5 Å². The first-order valence-electron chi connectivity index (χ1n) is 13.6. The molecule has 1 atom stereocenters. The molecule has 0 bridgehead atoms. The highest BCUT2D eigenvalue weighted by Crippen LogP contribution is 2.52. The summed E-state index contributed by atoms with van der Waals surface area (Å²) < 4.78 is 41.5. The zero-order valence-corrected chi connectivity index (χ0v) is 23.3. The van der Waals surface area contributed by atoms with Crippen molar-refractivity contribution < 1.29 is 23.0 Å². The Balaban J connectivity index is 1.41. The van der Waals surface area contributed by atoms with Crippen molar-refractivity contribution in [2.45, 2.75) is 49.3 Å². The van der Waals surface area contributed by atoms with E-state index in [4.69, 9.17) is 9.47 Å². The summed E-state index contributed by atoms with van der Waals surface area (Å²) >= 11 is 0. The van der Waals surface area contributed by atoms with Gasteiger partial charge in [0.2, 0.25) is 5.91 Å². The standard InChI is InChI=1S/C31H34N2O5S/c1-22(34)32-15-13-31(14-16-32)21-33(39(35,36)26-10-11-29-25(18-26)12-17-38-29)28-19-24(30(37-2)20-27(28)31)9-8-23-6-4-3-5-7-23/h3-7,10-11,18-20H,8-9,12-17,21H2,1-2H3. The van der Waals surface area contributed by atoms with Crippen molar-refractivity contribution in [3.8, 4) is 11.5 Å². The maximum Gasteiger partial charge on any atom is 0.219 e. The molecule has 39 heavy (non-hydrogen) atoms. The zero-order chi connectivity index (χ0) is 27.2. The Labute approximate surface area is 231 Å². The van der Waals surface area contributed by atoms with Gasteiger partial charge in [0, 0.05) is 43.5 Å². The average Bonchev–Trinajstić information content (AvgIpc) is 3.55. The van der Waals surface area contributed by atoms with Crippen molar-refractivity contribution in [3.05, 3.63) is 82.9 Å². The monoisotopic (exact) mass is 546 g/mol. The van der Waals surface area contributed by atoms with Gasteiger partial charge in [-0.25, -0.2) is 0 Å². The number of hydrogen-bond acceptors (Lipinski definition) is 5. The third-order valence-corrected chi connectivity index (χ3v) is 10.4. The molecule has 3 heterocycles. The van der Waals surface area contributed by atoms with Gasteiger partial charge >= 0.3 is 0 Å². The summed E-state index contributed by atoms with van der Waals surface area (Å²) in [6.07, 6.45) is 3.68. The van der Waals surface area contributed by atoms with Gasteiger partial charge in [0.05, 0.1) is 25.9 Å². The van der Waals surface area contributed by atoms with Gasteiger partial charge in [0.1, 0.15) is 11.5 Å². The number of amides is 1. The van der Waals surface area contributed by atoms with Crippen LogP contribution in [0.4, 0.5) is 5.69 Å². The molecule has 0 aromatic heterocycles. The van der Waals surface area contributed by atoms with E-state index in [2.05, 4.69) is 18.2 Å². The minimum atomic E-state index is -3.83. The van der Waals surface area contributed by atoms with E-state index in [9.17, 15) is 13.6 Å². The Kier molecular flexibility index (Phi) is 6.63. The Morgan fingerprint density at radius 3 is 2.56 bits per heavy atom. The molecule has 3 aliphatic rings. The van der Waals surface area contributed by atoms with E-state index in [0.717, 1.165) is 46.7 Å². The number of methoxy groups -OCH3 is 1. The second-order valence-electron chi connectivity index (χ2n) is 10.8. The smallest absolute Gasteiger partial charge is 0.219 e. The topological polar surface area (TPSA) is 82.1 Å². The summed E-state index contributed by atoms with van der Waals surface area (Å²) in [4.78, 5) is 14.2. The van der Waals surface area contributed by atoms with Crippen molar-refractivity contribution in [3.63, 3.8) is 0 Å². The molecule has 0 aliphatic carbocycles. The average molecular weight is 547 g/mol. The minimum absolute atomic E-state index is 0.0572. The Morgan fingerprint density at radius 2 is 1.85 bits per heavy atom. The predicted octanol–water partition coefficient (Wildman–Crippen LogP) is 4.72. The third kappa shape index (κ3) is 4.59. The van der Waals surface area contributed by atoms with Crippen LogP contribution in [0.1, 0.15) is 42.0 Å². The molecular formula is C31H34N2O5S. The van der Waals surface area contributed by atoms with Crippen LogP contribution >= 0.6 is 0 Å². The number of fused-ring (bicyclic) bond motifs is 3. The fourth-order valence-electron chi connectivity index (χ4n) is 6.34. The van der Waals surface area contributed by atoms with Crippen molar-refractivity contribution >= 4 is 22.0 Å². The van der Waals surface area contributed by atoms with Gasteiger partial charge in [0.15, 0.2) is 15.3 Å². The molecule has 1 amide bonds. The van der Waals surface area contributed by atoms with E-state index < -0.39 is 10.4 Å². The van der Waals surface area contributed by atoms with Crippen LogP contribution < -0.4 is 13.8 Å². The van der Waals surface area contributed by atoms with Gasteiger partial charge in [0.25, 0.3) is 0 Å². The number of anilines is 1. The fraction of sp³-hybridized carbons (Fsp3) is 0.387. The number of carbonyl (C=O) groups is 1. The number of nitrogens with zero attached hydrogens (tertiary/aromatic N) is 2. The summed E-state index contributed by atoms with van der Waals surface area (Å²) in [7, 11) is -2.15. The molecule has 7 nitrogen and oxygen atoms in total. The number of sulfonamides is 1. The Bertz CT molecular complexity index is 1450. The predicted molar refractivity (Wildman–Crippen MR) is 150 cm³/mol. The largest absolute Gasteiger partial charge is 0.588 e. The molecule has 3 aromatic carbocycles. The van der Waals surface area contributed by atoms with E-state index in [0.29, 0.717) is 45.5 Å². The third-order valence-electron chi connectivity index (χ3n) is 8.63. The molecule has 204 valence electrons. The van der Waals surface area contributed by atoms with Crippen LogP contribution in [0.2, 0.25) is 0 Å². The lowest BCUT2D eigenvalue weighted by Crippen LogP contribution is -2.48. The SMILES string of the molecule is COc1cc2c(cc1CCc1ccccc1)N([S+](=O)([O-])c1ccc3c(c1)CCO3)CC21CCN(C(C)=O)CC1. The van der Waals surface area contributed by atoms with Gasteiger partial charge in [-0.05, 0) is 66.6 Å². The van der Waals surface area contributed by atoms with Crippen LogP contribution in [-0.4, -0.2) is 48.7 Å². The highest BCUT2D eigenvalue weighted by atomic mass is 32.3. The van der Waals surface area contributed by atoms with Crippen LogP contribution in [0.5, 0.6) is 11.5 Å². The summed E-state index contributed by atoms with van der Waals surface area (Å²) in [5.41, 5.74) is 4.49. The van der Waals surface area contributed by atoms with Gasteiger partial charge in [-0.3, -0.25) is 4.79 Å². The first kappa shape index (κ1) is 25.9. The second kappa shape index (κ2) is 9.99. The summed E-state index contributed by atoms with van der Waals surface area (Å²) in [5, 5.41) is 0. The molecule has 1 saturated heterocycles. The van der Waals surface area contributed by atoms with Gasteiger partial charge in [-0.15, -0.1) is 0 Å². The van der Waals surface area contributed by atoms with Crippen LogP contribution in [0.25, 0.3) is 0 Å². The van der Waals surface area contributed by atoms with E-state index in [-0.39, 0.29) is 16.2 Å². The van der Waals surface area contributed by atoms with Crippen molar-refractivity contribution in [1.82, 2.24) is 4.90 Å². The van der Waals surface area contributed by atoms with Gasteiger partial charge in [-0.1, -0.05) is 34.5 Å². The number of hydrogen-bond donors (Lipinski definition) is 0. The lowest BCUT2D eigenvalue weighted by atomic mass is 9.74. The van der Waals surface area contributed by atoms with Crippen LogP contribution in [0.3, 0.4) is 0 Å². The number of piperidine rings is 1. The van der Waals surface area contributed by atoms with Gasteiger partial charge < -0.3 is 18.9 Å². The molecule has 1 spiro atoms. The van der Waals surface area contributed by atoms with Crippen molar-refractivity contribution in [1.29, 1.82) is 0 Å². The number of benzene rings is 3. The molecule has 1 fully saturated rings. The van der Waals surface area contributed by atoms with Crippen LogP contribution in [0.15, 0.2) is 65.6 Å². The molecule has 8 heteroatoms. The Morgan fingerprint density at radius 1 is 1.08 bits per heavy atom. The molecule has 0 radical (unpaired) electrons. The fourth-order valence-corrected chi connectivity index (χ4v) is 7.95. The highest BCUT2D eigenvalue weighted by molar-refractivity contribution is 7.99. The number of aryl methyl sites for hydroxylation is 2. The number of likely N-dealkylation sites (tertiary alicyclic amines) is 1. The lowest BCUT2D eigenvalue weighted by molar-refractivity contribution is -0.130. The number of ether oxygens (including phenoxy) is 2. The van der Waals surface area contributed by atoms with E-state index >= 15 is 0 Å². The molecule has 0 saturated carbocycles. The van der Waals surface area contributed by atoms with Crippen LogP contribution in [0, 0.1) is 0 Å². The van der Waals surface area contributed by atoms with E-state index in [1.807, 2.05) is 29.2 Å². The van der Waals surface area contributed by atoms with Gasteiger partial charge in [-0.2, -0.15) is 4.31 Å². The first-order valence-corrected chi connectivity index (χ1v) is 15.0. The molecular weight excluding hydrogens is 512 g/mol. The molecule has 3 aromatic rings. The Hall–Kier alpha value is -3.36. The lowest BCUT2D eigenvalue weighted by Gasteiger charge is -2.39. The number of carbonyl (C=O) groups excluding carboxylic acids is 1. The molecule has 0 N–H and O–H groups in total. The number of rotatable bonds is 6.